The Morgan fingerprint density at radius 1 is 1.55 bits per heavy atom. The number of hydrogen-bond donors (Lipinski definition) is 2. The molecule has 0 radical (unpaired) electrons. The van der Waals surface area contributed by atoms with Crippen LogP contribution in [0.3, 0.4) is 0 Å². The molecule has 6 heteroatoms. The van der Waals surface area contributed by atoms with Crippen molar-refractivity contribution < 1.29 is 9.53 Å². The Bertz CT molecular complexity index is 468. The molecule has 1 saturated heterocycles. The first-order valence-electron chi connectivity index (χ1n) is 6.51. The number of carbonyl (C=O) groups is 1. The lowest BCUT2D eigenvalue weighted by atomic mass is 10.2. The van der Waals surface area contributed by atoms with E-state index in [1.807, 2.05) is 25.1 Å². The summed E-state index contributed by atoms with van der Waals surface area (Å²) in [6.07, 6.45) is 0.959. The number of nitrogens with zero attached hydrogens (tertiary/aromatic N) is 1. The van der Waals surface area contributed by atoms with Crippen molar-refractivity contribution in [3.63, 3.8) is 0 Å². The number of halogens is 1. The fourth-order valence-corrected chi connectivity index (χ4v) is 2.32. The van der Waals surface area contributed by atoms with Crippen LogP contribution < -0.4 is 15.8 Å². The molecule has 20 heavy (non-hydrogen) atoms. The molecule has 0 aliphatic carbocycles. The standard InChI is InChI=1S/C14H21N3O2.ClH/c1-10-3-4-13(19-2)12(7-10)16-14(18)9-17-6-5-11(15)8-17;/h3-4,7,11H,5-6,8-9,15H2,1-2H3,(H,16,18);1H/t11-;/m0./s1. The lowest BCUT2D eigenvalue weighted by molar-refractivity contribution is -0.117. The minimum atomic E-state index is -0.0296. The Balaban J connectivity index is 0.00000200. The third-order valence-corrected chi connectivity index (χ3v) is 3.31. The summed E-state index contributed by atoms with van der Waals surface area (Å²) in [6, 6.07) is 5.92. The van der Waals surface area contributed by atoms with Gasteiger partial charge in [-0.15, -0.1) is 12.4 Å². The summed E-state index contributed by atoms with van der Waals surface area (Å²) >= 11 is 0. The zero-order chi connectivity index (χ0) is 13.8. The Morgan fingerprint density at radius 2 is 2.30 bits per heavy atom. The SMILES string of the molecule is COc1ccc(C)cc1NC(=O)CN1CC[C@H](N)C1.Cl. The minimum absolute atomic E-state index is 0. The maximum absolute atomic E-state index is 12.0. The van der Waals surface area contributed by atoms with Gasteiger partial charge in [0.2, 0.25) is 5.91 Å². The van der Waals surface area contributed by atoms with Gasteiger partial charge in [0.1, 0.15) is 5.75 Å². The van der Waals surface area contributed by atoms with Gasteiger partial charge in [0.25, 0.3) is 0 Å². The lowest BCUT2D eigenvalue weighted by Crippen LogP contribution is -2.33. The van der Waals surface area contributed by atoms with E-state index in [2.05, 4.69) is 10.2 Å². The number of amides is 1. The molecule has 0 aromatic heterocycles. The van der Waals surface area contributed by atoms with Gasteiger partial charge in [0.15, 0.2) is 0 Å². The van der Waals surface area contributed by atoms with Crippen molar-refractivity contribution in [1.82, 2.24) is 4.90 Å². The predicted octanol–water partition coefficient (Wildman–Crippen LogP) is 1.40. The molecule has 3 N–H and O–H groups in total. The van der Waals surface area contributed by atoms with Crippen molar-refractivity contribution >= 4 is 24.0 Å². The van der Waals surface area contributed by atoms with Crippen molar-refractivity contribution in [3.8, 4) is 5.75 Å². The topological polar surface area (TPSA) is 67.6 Å². The van der Waals surface area contributed by atoms with Gasteiger partial charge in [0.05, 0.1) is 19.3 Å². The summed E-state index contributed by atoms with van der Waals surface area (Å²) < 4.78 is 5.24. The van der Waals surface area contributed by atoms with E-state index < -0.39 is 0 Å². The van der Waals surface area contributed by atoms with Crippen LogP contribution in [-0.4, -0.2) is 43.6 Å². The number of nitrogens with one attached hydrogen (secondary N) is 1. The summed E-state index contributed by atoms with van der Waals surface area (Å²) in [5, 5.41) is 2.90. The van der Waals surface area contributed by atoms with Crippen LogP contribution in [0.4, 0.5) is 5.69 Å². The average molecular weight is 300 g/mol. The number of methoxy groups -OCH3 is 1. The average Bonchev–Trinajstić information content (AvgIpc) is 2.75. The van der Waals surface area contributed by atoms with E-state index in [0.29, 0.717) is 12.3 Å². The number of aryl methyl sites for hydroxylation is 1. The molecular formula is C14H22ClN3O2. The molecule has 1 amide bonds. The van der Waals surface area contributed by atoms with Crippen molar-refractivity contribution in [2.45, 2.75) is 19.4 Å². The number of anilines is 1. The molecule has 1 aliphatic heterocycles. The van der Waals surface area contributed by atoms with E-state index in [-0.39, 0.29) is 24.4 Å². The Hall–Kier alpha value is -1.30. The fourth-order valence-electron chi connectivity index (χ4n) is 2.32. The van der Waals surface area contributed by atoms with Gasteiger partial charge in [0, 0.05) is 19.1 Å². The Labute approximate surface area is 125 Å². The van der Waals surface area contributed by atoms with Gasteiger partial charge in [-0.25, -0.2) is 0 Å². The van der Waals surface area contributed by atoms with Crippen molar-refractivity contribution in [3.05, 3.63) is 23.8 Å². The summed E-state index contributed by atoms with van der Waals surface area (Å²) in [4.78, 5) is 14.1. The molecule has 5 nitrogen and oxygen atoms in total. The molecule has 0 saturated carbocycles. The fraction of sp³-hybridized carbons (Fsp3) is 0.500. The Kier molecular flexibility index (Phi) is 6.26. The molecule has 2 rings (SSSR count). The molecular weight excluding hydrogens is 278 g/mol. The van der Waals surface area contributed by atoms with E-state index >= 15 is 0 Å². The van der Waals surface area contributed by atoms with E-state index in [0.717, 1.165) is 30.8 Å². The van der Waals surface area contributed by atoms with Crippen LogP contribution in [0.1, 0.15) is 12.0 Å². The number of ether oxygens (including phenoxy) is 1. The first kappa shape index (κ1) is 16.8. The lowest BCUT2D eigenvalue weighted by Gasteiger charge is -2.16. The van der Waals surface area contributed by atoms with E-state index in [4.69, 9.17) is 10.5 Å². The number of rotatable bonds is 4. The molecule has 0 spiro atoms. The van der Waals surface area contributed by atoms with Gasteiger partial charge in [-0.2, -0.15) is 0 Å². The molecule has 112 valence electrons. The molecule has 1 aliphatic rings. The van der Waals surface area contributed by atoms with Crippen LogP contribution in [0.25, 0.3) is 0 Å². The third-order valence-electron chi connectivity index (χ3n) is 3.31. The number of nitrogens with two attached hydrogens (primary N) is 1. The Morgan fingerprint density at radius 3 is 2.90 bits per heavy atom. The van der Waals surface area contributed by atoms with E-state index in [1.165, 1.54) is 0 Å². The minimum Gasteiger partial charge on any atom is -0.495 e. The summed E-state index contributed by atoms with van der Waals surface area (Å²) in [5.41, 5.74) is 7.63. The largest absolute Gasteiger partial charge is 0.495 e. The van der Waals surface area contributed by atoms with Crippen LogP contribution in [-0.2, 0) is 4.79 Å². The highest BCUT2D eigenvalue weighted by Crippen LogP contribution is 2.25. The van der Waals surface area contributed by atoms with Gasteiger partial charge in [-0.1, -0.05) is 6.07 Å². The molecule has 1 aromatic rings. The highest BCUT2D eigenvalue weighted by Gasteiger charge is 2.21. The monoisotopic (exact) mass is 299 g/mol. The van der Waals surface area contributed by atoms with Crippen molar-refractivity contribution in [2.75, 3.05) is 32.1 Å². The van der Waals surface area contributed by atoms with Crippen molar-refractivity contribution in [2.24, 2.45) is 5.73 Å². The highest BCUT2D eigenvalue weighted by molar-refractivity contribution is 5.93. The zero-order valence-electron chi connectivity index (χ0n) is 11.9. The number of carbonyl (C=O) groups excluding carboxylic acids is 1. The van der Waals surface area contributed by atoms with Gasteiger partial charge < -0.3 is 15.8 Å². The molecule has 1 fully saturated rings. The normalized spacial score (nSPS) is 18.4. The summed E-state index contributed by atoms with van der Waals surface area (Å²) in [6.45, 7) is 4.04. The second-order valence-corrected chi connectivity index (χ2v) is 5.04. The molecule has 0 unspecified atom stereocenters. The van der Waals surface area contributed by atoms with Crippen LogP contribution in [0.15, 0.2) is 18.2 Å². The number of likely N-dealkylation sites (tertiary alicyclic amines) is 1. The van der Waals surface area contributed by atoms with Gasteiger partial charge >= 0.3 is 0 Å². The van der Waals surface area contributed by atoms with Gasteiger partial charge in [-0.05, 0) is 31.0 Å². The first-order valence-corrected chi connectivity index (χ1v) is 6.51. The molecule has 1 aromatic carbocycles. The molecule has 0 bridgehead atoms. The predicted molar refractivity (Wildman–Crippen MR) is 82.6 cm³/mol. The second kappa shape index (κ2) is 7.47. The maximum Gasteiger partial charge on any atom is 0.238 e. The van der Waals surface area contributed by atoms with Crippen LogP contribution >= 0.6 is 12.4 Å². The molecule has 1 heterocycles. The molecule has 1 atom stereocenters. The smallest absolute Gasteiger partial charge is 0.238 e. The second-order valence-electron chi connectivity index (χ2n) is 5.04. The van der Waals surface area contributed by atoms with E-state index in [9.17, 15) is 4.79 Å². The van der Waals surface area contributed by atoms with Gasteiger partial charge in [-0.3, -0.25) is 9.69 Å². The van der Waals surface area contributed by atoms with Crippen LogP contribution in [0.2, 0.25) is 0 Å². The highest BCUT2D eigenvalue weighted by atomic mass is 35.5. The number of benzene rings is 1. The number of hydrogen-bond acceptors (Lipinski definition) is 4. The van der Waals surface area contributed by atoms with Crippen LogP contribution in [0.5, 0.6) is 5.75 Å². The summed E-state index contributed by atoms with van der Waals surface area (Å²) in [7, 11) is 1.60. The van der Waals surface area contributed by atoms with Crippen molar-refractivity contribution in [1.29, 1.82) is 0 Å². The third kappa shape index (κ3) is 4.37. The van der Waals surface area contributed by atoms with Crippen LogP contribution in [0, 0.1) is 6.92 Å². The summed E-state index contributed by atoms with van der Waals surface area (Å²) in [5.74, 6) is 0.648. The quantitative estimate of drug-likeness (QED) is 0.882. The maximum atomic E-state index is 12.0. The van der Waals surface area contributed by atoms with E-state index in [1.54, 1.807) is 7.11 Å². The zero-order valence-corrected chi connectivity index (χ0v) is 12.7. The first-order chi connectivity index (χ1) is 9.08.